The first-order valence-corrected chi connectivity index (χ1v) is 9.25. The zero-order valence-corrected chi connectivity index (χ0v) is 15.5. The molecule has 4 nitrogen and oxygen atoms in total. The van der Waals surface area contributed by atoms with Crippen molar-refractivity contribution in [3.63, 3.8) is 0 Å². The van der Waals surface area contributed by atoms with Crippen LogP contribution < -0.4 is 4.74 Å². The summed E-state index contributed by atoms with van der Waals surface area (Å²) < 4.78 is 10.7. The van der Waals surface area contributed by atoms with Gasteiger partial charge in [0.25, 0.3) is 0 Å². The van der Waals surface area contributed by atoms with E-state index in [-0.39, 0.29) is 5.97 Å². The highest BCUT2D eigenvalue weighted by Gasteiger charge is 2.00. The Bertz CT molecular complexity index is 758. The van der Waals surface area contributed by atoms with E-state index in [0.29, 0.717) is 18.8 Å². The van der Waals surface area contributed by atoms with Crippen molar-refractivity contribution >= 4 is 5.97 Å². The minimum Gasteiger partial charge on any atom is -0.494 e. The predicted octanol–water partition coefficient (Wildman–Crippen LogP) is 5.28. The van der Waals surface area contributed by atoms with Gasteiger partial charge in [0.1, 0.15) is 5.75 Å². The molecular formula is C23H25NO3. The van der Waals surface area contributed by atoms with Crippen LogP contribution >= 0.6 is 0 Å². The van der Waals surface area contributed by atoms with Crippen molar-refractivity contribution in [2.24, 2.45) is 0 Å². The Morgan fingerprint density at radius 1 is 0.889 bits per heavy atom. The maximum atomic E-state index is 10.9. The first-order chi connectivity index (χ1) is 13.2. The minimum atomic E-state index is -0.353. The van der Waals surface area contributed by atoms with Crippen LogP contribution in [0, 0.1) is 11.3 Å². The van der Waals surface area contributed by atoms with Gasteiger partial charge in [-0.25, -0.2) is 4.79 Å². The van der Waals surface area contributed by atoms with E-state index >= 15 is 0 Å². The third-order valence-corrected chi connectivity index (χ3v) is 4.17. The van der Waals surface area contributed by atoms with Crippen LogP contribution in [0.4, 0.5) is 0 Å². The summed E-state index contributed by atoms with van der Waals surface area (Å²) in [7, 11) is 0. The molecular weight excluding hydrogens is 338 g/mol. The molecule has 140 valence electrons. The minimum absolute atomic E-state index is 0.353. The quantitative estimate of drug-likeness (QED) is 0.309. The van der Waals surface area contributed by atoms with Crippen LogP contribution in [0.15, 0.2) is 61.2 Å². The third kappa shape index (κ3) is 7.37. The van der Waals surface area contributed by atoms with E-state index in [9.17, 15) is 4.79 Å². The molecule has 2 aromatic carbocycles. The summed E-state index contributed by atoms with van der Waals surface area (Å²) in [6, 6.07) is 17.7. The molecule has 0 amide bonds. The number of nitrogens with zero attached hydrogens (tertiary/aromatic N) is 1. The van der Waals surface area contributed by atoms with Gasteiger partial charge in [-0.05, 0) is 48.2 Å². The lowest BCUT2D eigenvalue weighted by Gasteiger charge is -2.08. The Kier molecular flexibility index (Phi) is 8.65. The molecule has 0 saturated carbocycles. The number of hydrogen-bond acceptors (Lipinski definition) is 4. The molecule has 0 unspecified atom stereocenters. The van der Waals surface area contributed by atoms with Gasteiger partial charge in [-0.2, -0.15) is 5.26 Å². The number of carbonyl (C=O) groups excluding carboxylic acids is 1. The maximum absolute atomic E-state index is 10.9. The van der Waals surface area contributed by atoms with Crippen LogP contribution in [0.1, 0.15) is 37.7 Å². The van der Waals surface area contributed by atoms with Crippen molar-refractivity contribution < 1.29 is 14.3 Å². The van der Waals surface area contributed by atoms with Gasteiger partial charge in [0.2, 0.25) is 0 Å². The molecule has 0 atom stereocenters. The van der Waals surface area contributed by atoms with Gasteiger partial charge in [0.05, 0.1) is 24.8 Å². The Morgan fingerprint density at radius 2 is 1.44 bits per heavy atom. The molecule has 4 heteroatoms. The van der Waals surface area contributed by atoms with E-state index in [1.165, 1.54) is 6.08 Å². The highest BCUT2D eigenvalue weighted by Crippen LogP contribution is 2.23. The highest BCUT2D eigenvalue weighted by molar-refractivity contribution is 5.81. The lowest BCUT2D eigenvalue weighted by atomic mass is 10.0. The van der Waals surface area contributed by atoms with Crippen molar-refractivity contribution in [1.82, 2.24) is 0 Å². The summed E-state index contributed by atoms with van der Waals surface area (Å²) in [4.78, 5) is 10.9. The summed E-state index contributed by atoms with van der Waals surface area (Å²) in [5.41, 5.74) is 2.85. The number of esters is 1. The molecule has 0 radical (unpaired) electrons. The average molecular weight is 363 g/mol. The Hall–Kier alpha value is -3.06. The van der Waals surface area contributed by atoms with Gasteiger partial charge in [-0.1, -0.05) is 50.1 Å². The molecule has 0 spiro atoms. The number of rotatable bonds is 11. The van der Waals surface area contributed by atoms with Crippen molar-refractivity contribution in [3.8, 4) is 22.9 Å². The van der Waals surface area contributed by atoms with Gasteiger partial charge in [0, 0.05) is 6.08 Å². The summed E-state index contributed by atoms with van der Waals surface area (Å²) in [6.45, 7) is 4.52. The number of nitriles is 1. The number of unbranched alkanes of at least 4 members (excludes halogenated alkanes) is 4. The normalized spacial score (nSPS) is 10.0. The number of ether oxygens (including phenoxy) is 2. The van der Waals surface area contributed by atoms with Crippen LogP contribution in [0.25, 0.3) is 11.1 Å². The van der Waals surface area contributed by atoms with Gasteiger partial charge in [-0.3, -0.25) is 0 Å². The number of hydrogen-bond donors (Lipinski definition) is 0. The molecule has 0 aliphatic heterocycles. The van der Waals surface area contributed by atoms with Gasteiger partial charge < -0.3 is 9.47 Å². The fourth-order valence-electron chi connectivity index (χ4n) is 2.64. The smallest absolute Gasteiger partial charge is 0.330 e. The molecule has 27 heavy (non-hydrogen) atoms. The Balaban J connectivity index is 1.60. The van der Waals surface area contributed by atoms with E-state index in [1.54, 1.807) is 0 Å². The summed E-state index contributed by atoms with van der Waals surface area (Å²) >= 11 is 0. The van der Waals surface area contributed by atoms with Crippen LogP contribution in [0.2, 0.25) is 0 Å². The first kappa shape index (κ1) is 20.3. The number of benzene rings is 2. The molecule has 0 aliphatic carbocycles. The largest absolute Gasteiger partial charge is 0.494 e. The molecule has 0 aliphatic rings. The second kappa shape index (κ2) is 11.5. The van der Waals surface area contributed by atoms with E-state index in [0.717, 1.165) is 49.0 Å². The Morgan fingerprint density at radius 3 is 2.04 bits per heavy atom. The van der Waals surface area contributed by atoms with Crippen LogP contribution in [0.3, 0.4) is 0 Å². The van der Waals surface area contributed by atoms with E-state index in [1.807, 2.05) is 48.5 Å². The van der Waals surface area contributed by atoms with E-state index < -0.39 is 0 Å². The maximum Gasteiger partial charge on any atom is 0.330 e. The standard InChI is InChI=1S/C23H25NO3/c1-2-23(25)27-17-7-5-3-4-6-16-26-22-14-12-21(13-15-22)20-10-8-19(18-24)9-11-20/h2,8-15H,1,3-7,16-17H2. The average Bonchev–Trinajstić information content (AvgIpc) is 2.73. The number of carbonyl (C=O) groups is 1. The van der Waals surface area contributed by atoms with Crippen LogP contribution in [0.5, 0.6) is 5.75 Å². The van der Waals surface area contributed by atoms with Crippen molar-refractivity contribution in [3.05, 3.63) is 66.7 Å². The molecule has 0 heterocycles. The summed E-state index contributed by atoms with van der Waals surface area (Å²) in [6.07, 6.45) is 6.32. The fraction of sp³-hybridized carbons (Fsp3) is 0.304. The lowest BCUT2D eigenvalue weighted by molar-refractivity contribution is -0.137. The molecule has 0 bridgehead atoms. The second-order valence-corrected chi connectivity index (χ2v) is 6.20. The van der Waals surface area contributed by atoms with Crippen molar-refractivity contribution in [1.29, 1.82) is 5.26 Å². The molecule has 0 aromatic heterocycles. The fourth-order valence-corrected chi connectivity index (χ4v) is 2.64. The van der Waals surface area contributed by atoms with Gasteiger partial charge in [-0.15, -0.1) is 0 Å². The topological polar surface area (TPSA) is 59.3 Å². The van der Waals surface area contributed by atoms with Crippen LogP contribution in [-0.4, -0.2) is 19.2 Å². The molecule has 0 saturated heterocycles. The SMILES string of the molecule is C=CC(=O)OCCCCCCCOc1ccc(-c2ccc(C#N)cc2)cc1. The van der Waals surface area contributed by atoms with Crippen LogP contribution in [-0.2, 0) is 9.53 Å². The summed E-state index contributed by atoms with van der Waals surface area (Å²) in [5, 5.41) is 8.85. The molecule has 0 N–H and O–H groups in total. The van der Waals surface area contributed by atoms with Gasteiger partial charge in [0.15, 0.2) is 0 Å². The van der Waals surface area contributed by atoms with Gasteiger partial charge >= 0.3 is 5.97 Å². The Labute approximate surface area is 161 Å². The predicted molar refractivity (Wildman–Crippen MR) is 106 cm³/mol. The monoisotopic (exact) mass is 363 g/mol. The first-order valence-electron chi connectivity index (χ1n) is 9.25. The highest BCUT2D eigenvalue weighted by atomic mass is 16.5. The zero-order chi connectivity index (χ0) is 19.3. The molecule has 0 fully saturated rings. The van der Waals surface area contributed by atoms with E-state index in [2.05, 4.69) is 12.6 Å². The van der Waals surface area contributed by atoms with Crippen molar-refractivity contribution in [2.75, 3.05) is 13.2 Å². The lowest BCUT2D eigenvalue weighted by Crippen LogP contribution is -2.01. The van der Waals surface area contributed by atoms with E-state index in [4.69, 9.17) is 14.7 Å². The molecule has 2 aromatic rings. The third-order valence-electron chi connectivity index (χ3n) is 4.17. The zero-order valence-electron chi connectivity index (χ0n) is 15.5. The van der Waals surface area contributed by atoms with Crippen molar-refractivity contribution in [2.45, 2.75) is 32.1 Å². The molecule has 2 rings (SSSR count). The summed E-state index contributed by atoms with van der Waals surface area (Å²) in [5.74, 6) is 0.511. The second-order valence-electron chi connectivity index (χ2n) is 6.20.